The number of hydrogen-bond acceptors (Lipinski definition) is 7. The molecule has 0 aliphatic carbocycles. The highest BCUT2D eigenvalue weighted by Crippen LogP contribution is 2.22. The monoisotopic (exact) mass is 360 g/mol. The highest BCUT2D eigenvalue weighted by atomic mass is 32.2. The number of carbonyl (C=O) groups excluding carboxylic acids is 1. The summed E-state index contributed by atoms with van der Waals surface area (Å²) in [5, 5.41) is 3.15. The summed E-state index contributed by atoms with van der Waals surface area (Å²) in [4.78, 5) is 22.0. The molecule has 0 spiro atoms. The van der Waals surface area contributed by atoms with E-state index in [1.165, 1.54) is 6.92 Å². The number of ketones is 1. The molecule has 1 atom stereocenters. The standard InChI is InChI=1S/C17H20N4O3S/c1-12(22)13-4-3-5-14(10-13)19-16-6-8-18-17(20-16)21(2)15-7-9-25(23,24)11-15/h3-6,8,10,15H,7,9,11H2,1-2H3,(H,18,19,20). The highest BCUT2D eigenvalue weighted by molar-refractivity contribution is 7.91. The zero-order chi connectivity index (χ0) is 18.0. The van der Waals surface area contributed by atoms with Gasteiger partial charge in [0.2, 0.25) is 5.95 Å². The Morgan fingerprint density at radius 2 is 2.12 bits per heavy atom. The van der Waals surface area contributed by atoms with E-state index in [-0.39, 0.29) is 23.3 Å². The molecule has 0 bridgehead atoms. The molecule has 1 aliphatic heterocycles. The van der Waals surface area contributed by atoms with Crippen molar-refractivity contribution in [2.75, 3.05) is 28.8 Å². The van der Waals surface area contributed by atoms with Gasteiger partial charge in [-0.1, -0.05) is 12.1 Å². The van der Waals surface area contributed by atoms with E-state index in [1.54, 1.807) is 37.5 Å². The van der Waals surface area contributed by atoms with Crippen molar-refractivity contribution in [2.24, 2.45) is 0 Å². The number of rotatable bonds is 5. The van der Waals surface area contributed by atoms with Gasteiger partial charge in [0.1, 0.15) is 5.82 Å². The molecular weight excluding hydrogens is 340 g/mol. The average Bonchev–Trinajstić information content (AvgIpc) is 2.94. The Hall–Kier alpha value is -2.48. The maximum absolute atomic E-state index is 11.7. The van der Waals surface area contributed by atoms with Crippen LogP contribution < -0.4 is 10.2 Å². The molecule has 132 valence electrons. The molecule has 2 aromatic rings. The number of carbonyl (C=O) groups is 1. The fourth-order valence-corrected chi connectivity index (χ4v) is 4.57. The highest BCUT2D eigenvalue weighted by Gasteiger charge is 2.31. The normalized spacial score (nSPS) is 18.7. The van der Waals surface area contributed by atoms with Crippen molar-refractivity contribution in [1.82, 2.24) is 9.97 Å². The van der Waals surface area contributed by atoms with E-state index in [2.05, 4.69) is 15.3 Å². The molecule has 0 radical (unpaired) electrons. The molecule has 1 N–H and O–H groups in total. The fourth-order valence-electron chi connectivity index (χ4n) is 2.80. The topological polar surface area (TPSA) is 92.3 Å². The number of aromatic nitrogens is 2. The summed E-state index contributed by atoms with van der Waals surface area (Å²) in [7, 11) is -1.16. The zero-order valence-corrected chi connectivity index (χ0v) is 15.0. The number of nitrogens with zero attached hydrogens (tertiary/aromatic N) is 3. The third-order valence-electron chi connectivity index (χ3n) is 4.26. The van der Waals surface area contributed by atoms with Crippen LogP contribution in [0.3, 0.4) is 0 Å². The molecule has 8 heteroatoms. The maximum Gasteiger partial charge on any atom is 0.227 e. The smallest absolute Gasteiger partial charge is 0.227 e. The van der Waals surface area contributed by atoms with Crippen LogP contribution in [0.2, 0.25) is 0 Å². The predicted octanol–water partition coefficient (Wildman–Crippen LogP) is 2.05. The Kier molecular flexibility index (Phi) is 4.71. The van der Waals surface area contributed by atoms with E-state index >= 15 is 0 Å². The Morgan fingerprint density at radius 1 is 1.32 bits per heavy atom. The molecule has 25 heavy (non-hydrogen) atoms. The lowest BCUT2D eigenvalue weighted by atomic mass is 10.1. The molecule has 1 unspecified atom stereocenters. The van der Waals surface area contributed by atoms with Crippen molar-refractivity contribution >= 4 is 33.1 Å². The van der Waals surface area contributed by atoms with Crippen molar-refractivity contribution in [3.8, 4) is 0 Å². The van der Waals surface area contributed by atoms with Crippen LogP contribution in [0.4, 0.5) is 17.5 Å². The Bertz CT molecular complexity index is 898. The summed E-state index contributed by atoms with van der Waals surface area (Å²) < 4.78 is 23.3. The number of sulfone groups is 1. The summed E-state index contributed by atoms with van der Waals surface area (Å²) in [5.74, 6) is 1.38. The fraction of sp³-hybridized carbons (Fsp3) is 0.353. The van der Waals surface area contributed by atoms with E-state index in [9.17, 15) is 13.2 Å². The van der Waals surface area contributed by atoms with Crippen LogP contribution in [-0.2, 0) is 9.84 Å². The number of hydrogen-bond donors (Lipinski definition) is 1. The largest absolute Gasteiger partial charge is 0.340 e. The summed E-state index contributed by atoms with van der Waals surface area (Å²) in [6, 6.07) is 8.78. The van der Waals surface area contributed by atoms with Gasteiger partial charge < -0.3 is 10.2 Å². The van der Waals surface area contributed by atoms with Crippen LogP contribution in [0.1, 0.15) is 23.7 Å². The third-order valence-corrected chi connectivity index (χ3v) is 6.01. The first-order chi connectivity index (χ1) is 11.8. The van der Waals surface area contributed by atoms with Crippen molar-refractivity contribution < 1.29 is 13.2 Å². The Labute approximate surface area is 147 Å². The van der Waals surface area contributed by atoms with E-state index in [4.69, 9.17) is 0 Å². The van der Waals surface area contributed by atoms with Crippen LogP contribution in [0.5, 0.6) is 0 Å². The minimum absolute atomic E-state index is 0.00537. The second kappa shape index (κ2) is 6.79. The molecule has 1 aromatic heterocycles. The number of Topliss-reactive ketones (excluding diaryl/α,β-unsaturated/α-hetero) is 1. The molecular formula is C17H20N4O3S. The molecule has 7 nitrogen and oxygen atoms in total. The van der Waals surface area contributed by atoms with Gasteiger partial charge >= 0.3 is 0 Å². The molecule has 1 fully saturated rings. The summed E-state index contributed by atoms with van der Waals surface area (Å²) in [5.41, 5.74) is 1.37. The second-order valence-electron chi connectivity index (χ2n) is 6.17. The van der Waals surface area contributed by atoms with Gasteiger partial charge in [0.05, 0.1) is 11.5 Å². The van der Waals surface area contributed by atoms with Crippen LogP contribution in [0.25, 0.3) is 0 Å². The summed E-state index contributed by atoms with van der Waals surface area (Å²) in [6.07, 6.45) is 2.21. The summed E-state index contributed by atoms with van der Waals surface area (Å²) >= 11 is 0. The molecule has 2 heterocycles. The van der Waals surface area contributed by atoms with Gasteiger partial charge in [0.25, 0.3) is 0 Å². The zero-order valence-electron chi connectivity index (χ0n) is 14.1. The van der Waals surface area contributed by atoms with Gasteiger partial charge in [-0.25, -0.2) is 13.4 Å². The molecule has 1 aromatic carbocycles. The SMILES string of the molecule is CC(=O)c1cccc(Nc2ccnc(N(C)C3CCS(=O)(=O)C3)n2)c1. The van der Waals surface area contributed by atoms with Gasteiger partial charge in [-0.05, 0) is 31.5 Å². The Balaban J connectivity index is 1.78. The predicted molar refractivity (Wildman–Crippen MR) is 97.2 cm³/mol. The average molecular weight is 360 g/mol. The first kappa shape index (κ1) is 17.3. The first-order valence-electron chi connectivity index (χ1n) is 7.98. The van der Waals surface area contributed by atoms with Gasteiger partial charge in [0, 0.05) is 30.5 Å². The second-order valence-corrected chi connectivity index (χ2v) is 8.40. The lowest BCUT2D eigenvalue weighted by molar-refractivity contribution is 0.101. The number of nitrogens with one attached hydrogen (secondary N) is 1. The van der Waals surface area contributed by atoms with Gasteiger partial charge in [-0.2, -0.15) is 4.98 Å². The van der Waals surface area contributed by atoms with Crippen LogP contribution in [0.15, 0.2) is 36.5 Å². The minimum atomic E-state index is -2.96. The van der Waals surface area contributed by atoms with E-state index < -0.39 is 9.84 Å². The van der Waals surface area contributed by atoms with Gasteiger partial charge in [-0.15, -0.1) is 0 Å². The van der Waals surface area contributed by atoms with Gasteiger partial charge in [-0.3, -0.25) is 4.79 Å². The van der Waals surface area contributed by atoms with E-state index in [0.717, 1.165) is 5.69 Å². The molecule has 0 amide bonds. The van der Waals surface area contributed by atoms with E-state index in [1.807, 2.05) is 11.0 Å². The lowest BCUT2D eigenvalue weighted by Gasteiger charge is -2.23. The van der Waals surface area contributed by atoms with Crippen LogP contribution >= 0.6 is 0 Å². The minimum Gasteiger partial charge on any atom is -0.340 e. The molecule has 1 aliphatic rings. The Morgan fingerprint density at radius 3 is 2.80 bits per heavy atom. The summed E-state index contributed by atoms with van der Waals surface area (Å²) in [6.45, 7) is 1.52. The number of anilines is 3. The van der Waals surface area contributed by atoms with Gasteiger partial charge in [0.15, 0.2) is 15.6 Å². The first-order valence-corrected chi connectivity index (χ1v) is 9.80. The quantitative estimate of drug-likeness (QED) is 0.816. The van der Waals surface area contributed by atoms with E-state index in [0.29, 0.717) is 23.8 Å². The van der Waals surface area contributed by atoms with Crippen LogP contribution in [0, 0.1) is 0 Å². The third kappa shape index (κ3) is 4.14. The maximum atomic E-state index is 11.7. The molecule has 3 rings (SSSR count). The van der Waals surface area contributed by atoms with Crippen molar-refractivity contribution in [3.63, 3.8) is 0 Å². The molecule has 1 saturated heterocycles. The molecule has 0 saturated carbocycles. The number of benzene rings is 1. The lowest BCUT2D eigenvalue weighted by Crippen LogP contribution is -2.33. The van der Waals surface area contributed by atoms with Crippen molar-refractivity contribution in [1.29, 1.82) is 0 Å². The van der Waals surface area contributed by atoms with Crippen molar-refractivity contribution in [2.45, 2.75) is 19.4 Å². The van der Waals surface area contributed by atoms with Crippen LogP contribution in [-0.4, -0.2) is 48.8 Å². The van der Waals surface area contributed by atoms with Crippen molar-refractivity contribution in [3.05, 3.63) is 42.1 Å².